The number of nitriles is 1. The van der Waals surface area contributed by atoms with Crippen molar-refractivity contribution < 1.29 is 18.0 Å². The van der Waals surface area contributed by atoms with Crippen LogP contribution in [0.5, 0.6) is 0 Å². The van der Waals surface area contributed by atoms with Crippen LogP contribution in [0.4, 0.5) is 18.9 Å². The lowest BCUT2D eigenvalue weighted by Crippen LogP contribution is -2.53. The van der Waals surface area contributed by atoms with E-state index in [0.29, 0.717) is 22.3 Å². The fourth-order valence-electron chi connectivity index (χ4n) is 3.49. The summed E-state index contributed by atoms with van der Waals surface area (Å²) in [6.07, 6.45) is 1.06. The van der Waals surface area contributed by atoms with Crippen molar-refractivity contribution in [3.8, 4) is 6.07 Å². The smallest absolute Gasteiger partial charge is 0.383 e. The van der Waals surface area contributed by atoms with Gasteiger partial charge in [0.05, 0.1) is 17.2 Å². The number of aromatic nitrogens is 2. The number of hydrogen-bond acceptors (Lipinski definition) is 6. The van der Waals surface area contributed by atoms with Crippen LogP contribution < -0.4 is 10.2 Å². The molecule has 3 rings (SSSR count). The molecule has 1 N–H and O–H groups in total. The van der Waals surface area contributed by atoms with Crippen molar-refractivity contribution in [2.75, 3.05) is 32.1 Å². The number of carbonyl (C=O) groups is 1. The second-order valence-electron chi connectivity index (χ2n) is 7.36. The predicted octanol–water partition coefficient (Wildman–Crippen LogP) is 2.45. The molecule has 0 unspecified atom stereocenters. The van der Waals surface area contributed by atoms with Crippen molar-refractivity contribution >= 4 is 22.6 Å². The molecule has 30 heavy (non-hydrogen) atoms. The monoisotopic (exact) mass is 418 g/mol. The highest BCUT2D eigenvalue weighted by molar-refractivity contribution is 5.92. The van der Waals surface area contributed by atoms with Crippen LogP contribution in [-0.4, -0.2) is 60.2 Å². The van der Waals surface area contributed by atoms with Gasteiger partial charge in [-0.1, -0.05) is 0 Å². The Morgan fingerprint density at radius 1 is 1.27 bits per heavy atom. The molecule has 1 aromatic carbocycles. The molecule has 2 atom stereocenters. The molecular weight excluding hydrogens is 397 g/mol. The minimum Gasteiger partial charge on any atom is -0.383 e. The Morgan fingerprint density at radius 3 is 2.60 bits per heavy atom. The molecule has 7 nitrogen and oxygen atoms in total. The van der Waals surface area contributed by atoms with E-state index in [2.05, 4.69) is 15.3 Å². The summed E-state index contributed by atoms with van der Waals surface area (Å²) in [5.41, 5.74) is 1.44. The molecule has 0 spiro atoms. The highest BCUT2D eigenvalue weighted by Crippen LogP contribution is 2.36. The molecule has 158 valence electrons. The Bertz CT molecular complexity index is 998. The normalized spacial score (nSPS) is 19.7. The van der Waals surface area contributed by atoms with Gasteiger partial charge in [-0.25, -0.2) is 0 Å². The zero-order chi connectivity index (χ0) is 21.9. The minimum atomic E-state index is -4.41. The van der Waals surface area contributed by atoms with E-state index in [1.807, 2.05) is 6.07 Å². The highest BCUT2D eigenvalue weighted by Gasteiger charge is 2.45. The standard InChI is InChI=1S/C20H21F3N6O/c1-28(2)8-5-17(30)27-15-9-14(20(21,22)23)11-29(12-15)16-4-3-13(10-24)18-19(16)26-7-6-25-18/h3-8,14-15H,9,11-12H2,1-2H3,(H,27,30)/b8-5+/t14-,15+/m0/s1. The van der Waals surface area contributed by atoms with E-state index in [1.54, 1.807) is 30.0 Å². The first kappa shape index (κ1) is 21.4. The first-order valence-corrected chi connectivity index (χ1v) is 9.29. The van der Waals surface area contributed by atoms with Crippen LogP contribution in [0, 0.1) is 17.2 Å². The first-order valence-electron chi connectivity index (χ1n) is 9.29. The van der Waals surface area contributed by atoms with Crippen LogP contribution in [0.3, 0.4) is 0 Å². The zero-order valence-electron chi connectivity index (χ0n) is 16.5. The van der Waals surface area contributed by atoms with Crippen molar-refractivity contribution in [1.29, 1.82) is 5.26 Å². The number of nitrogens with zero attached hydrogens (tertiary/aromatic N) is 5. The SMILES string of the molecule is CN(C)/C=C/C(=O)N[C@@H]1C[C@H](C(F)(F)F)CN(c2ccc(C#N)c3nccnc23)C1. The summed E-state index contributed by atoms with van der Waals surface area (Å²) in [6, 6.07) is 4.43. The number of rotatable bonds is 4. The average Bonchev–Trinajstić information content (AvgIpc) is 2.70. The number of fused-ring (bicyclic) bond motifs is 1. The van der Waals surface area contributed by atoms with E-state index in [9.17, 15) is 23.2 Å². The molecule has 1 amide bonds. The molecular formula is C20H21F3N6O. The van der Waals surface area contributed by atoms with Crippen molar-refractivity contribution in [2.24, 2.45) is 5.92 Å². The molecule has 1 aromatic heterocycles. The van der Waals surface area contributed by atoms with Gasteiger partial charge in [0.15, 0.2) is 0 Å². The van der Waals surface area contributed by atoms with Crippen molar-refractivity contribution in [3.63, 3.8) is 0 Å². The molecule has 1 aliphatic heterocycles. The number of benzene rings is 1. The van der Waals surface area contributed by atoms with Crippen molar-refractivity contribution in [1.82, 2.24) is 20.2 Å². The Labute approximate surface area is 171 Å². The van der Waals surface area contributed by atoms with E-state index in [1.165, 1.54) is 30.7 Å². The number of halogens is 3. The van der Waals surface area contributed by atoms with Gasteiger partial charge >= 0.3 is 6.18 Å². The van der Waals surface area contributed by atoms with Crippen LogP contribution >= 0.6 is 0 Å². The lowest BCUT2D eigenvalue weighted by Gasteiger charge is -2.40. The maximum atomic E-state index is 13.6. The second kappa shape index (κ2) is 8.57. The van der Waals surface area contributed by atoms with E-state index in [4.69, 9.17) is 0 Å². The fourth-order valence-corrected chi connectivity index (χ4v) is 3.49. The molecule has 2 aromatic rings. The largest absolute Gasteiger partial charge is 0.393 e. The Kier molecular flexibility index (Phi) is 6.10. The summed E-state index contributed by atoms with van der Waals surface area (Å²) < 4.78 is 40.8. The summed E-state index contributed by atoms with van der Waals surface area (Å²) in [5.74, 6) is -2.07. The quantitative estimate of drug-likeness (QED) is 0.768. The lowest BCUT2D eigenvalue weighted by molar-refractivity contribution is -0.178. The predicted molar refractivity (Wildman–Crippen MR) is 105 cm³/mol. The number of hydrogen-bond donors (Lipinski definition) is 1. The van der Waals surface area contributed by atoms with E-state index >= 15 is 0 Å². The summed E-state index contributed by atoms with van der Waals surface area (Å²) in [4.78, 5) is 23.8. The molecule has 0 radical (unpaired) electrons. The van der Waals surface area contributed by atoms with Crippen LogP contribution in [0.1, 0.15) is 12.0 Å². The molecule has 0 aliphatic carbocycles. The van der Waals surface area contributed by atoms with Gasteiger partial charge in [-0.2, -0.15) is 18.4 Å². The van der Waals surface area contributed by atoms with Crippen LogP contribution in [0.2, 0.25) is 0 Å². The third-order valence-corrected chi connectivity index (χ3v) is 4.85. The van der Waals surface area contributed by atoms with Gasteiger partial charge in [0.25, 0.3) is 0 Å². The van der Waals surface area contributed by atoms with Gasteiger partial charge in [-0.15, -0.1) is 0 Å². The van der Waals surface area contributed by atoms with Crippen LogP contribution in [-0.2, 0) is 4.79 Å². The second-order valence-corrected chi connectivity index (χ2v) is 7.36. The number of anilines is 1. The van der Waals surface area contributed by atoms with E-state index in [0.717, 1.165) is 0 Å². The third-order valence-electron chi connectivity index (χ3n) is 4.85. The zero-order valence-corrected chi connectivity index (χ0v) is 16.5. The maximum Gasteiger partial charge on any atom is 0.393 e. The van der Waals surface area contributed by atoms with Gasteiger partial charge in [-0.05, 0) is 18.6 Å². The van der Waals surface area contributed by atoms with Gasteiger partial charge < -0.3 is 15.1 Å². The Balaban J connectivity index is 1.93. The molecule has 1 aliphatic rings. The first-order chi connectivity index (χ1) is 14.2. The Morgan fingerprint density at radius 2 is 1.97 bits per heavy atom. The third kappa shape index (κ3) is 4.79. The van der Waals surface area contributed by atoms with Gasteiger partial charge in [0, 0.05) is 57.9 Å². The summed E-state index contributed by atoms with van der Waals surface area (Å²) >= 11 is 0. The summed E-state index contributed by atoms with van der Waals surface area (Å²) in [7, 11) is 3.48. The molecule has 0 saturated carbocycles. The maximum absolute atomic E-state index is 13.6. The van der Waals surface area contributed by atoms with Gasteiger partial charge in [0.2, 0.25) is 5.91 Å². The fraction of sp³-hybridized carbons (Fsp3) is 0.400. The van der Waals surface area contributed by atoms with Crippen LogP contribution in [0.25, 0.3) is 11.0 Å². The molecule has 1 fully saturated rings. The average molecular weight is 418 g/mol. The molecule has 0 bridgehead atoms. The number of piperidine rings is 1. The van der Waals surface area contributed by atoms with Crippen molar-refractivity contribution in [3.05, 3.63) is 42.4 Å². The number of amides is 1. The summed E-state index contributed by atoms with van der Waals surface area (Å²) in [5, 5.41) is 11.9. The lowest BCUT2D eigenvalue weighted by atomic mass is 9.92. The van der Waals surface area contributed by atoms with Crippen molar-refractivity contribution in [2.45, 2.75) is 18.6 Å². The number of carbonyl (C=O) groups excluding carboxylic acids is 1. The Hall–Kier alpha value is -3.35. The molecule has 2 heterocycles. The number of alkyl halides is 3. The number of nitrogens with one attached hydrogen (secondary N) is 1. The molecule has 1 saturated heterocycles. The van der Waals surface area contributed by atoms with Gasteiger partial charge in [0.1, 0.15) is 17.1 Å². The van der Waals surface area contributed by atoms with E-state index < -0.39 is 24.0 Å². The minimum absolute atomic E-state index is 0.186. The molecule has 10 heteroatoms. The highest BCUT2D eigenvalue weighted by atomic mass is 19.4. The summed E-state index contributed by atoms with van der Waals surface area (Å²) in [6.45, 7) is -0.0767. The van der Waals surface area contributed by atoms with Gasteiger partial charge in [-0.3, -0.25) is 14.8 Å². The van der Waals surface area contributed by atoms with E-state index in [-0.39, 0.29) is 19.5 Å². The topological polar surface area (TPSA) is 85.2 Å². The van der Waals surface area contributed by atoms with Crippen LogP contribution in [0.15, 0.2) is 36.8 Å².